The fourth-order valence-electron chi connectivity index (χ4n) is 3.43. The average Bonchev–Trinajstić information content (AvgIpc) is 2.85. The van der Waals surface area contributed by atoms with Crippen molar-refractivity contribution in [2.75, 3.05) is 13.7 Å². The molecule has 1 saturated carbocycles. The van der Waals surface area contributed by atoms with E-state index in [0.717, 1.165) is 35.0 Å². The predicted octanol–water partition coefficient (Wildman–Crippen LogP) is 4.41. The fraction of sp³-hybridized carbons (Fsp3) is 0.647. The van der Waals surface area contributed by atoms with Crippen molar-refractivity contribution in [3.8, 4) is 5.75 Å². The van der Waals surface area contributed by atoms with Gasteiger partial charge in [0.1, 0.15) is 5.75 Å². The number of likely N-dealkylation sites (N-methyl/N-ethyl adjacent to an activating group) is 1. The number of hydrogen-bond donors (Lipinski definition) is 1. The van der Waals surface area contributed by atoms with Crippen LogP contribution in [0.5, 0.6) is 5.75 Å². The molecule has 0 saturated heterocycles. The molecule has 0 heterocycles. The molecule has 0 radical (unpaired) electrons. The zero-order chi connectivity index (χ0) is 14.5. The highest BCUT2D eigenvalue weighted by Crippen LogP contribution is 2.35. The van der Waals surface area contributed by atoms with Crippen LogP contribution >= 0.6 is 15.9 Å². The van der Waals surface area contributed by atoms with Crippen LogP contribution in [0.4, 0.5) is 0 Å². The van der Waals surface area contributed by atoms with E-state index in [4.69, 9.17) is 4.74 Å². The Morgan fingerprint density at radius 2 is 2.20 bits per heavy atom. The molecule has 0 spiro atoms. The molecular weight excluding hydrogens is 314 g/mol. The summed E-state index contributed by atoms with van der Waals surface area (Å²) in [5.41, 5.74) is 1.30. The molecule has 1 aliphatic carbocycles. The molecule has 112 valence electrons. The SMILES string of the molecule is CCNC(Cc1cc(Br)ccc1OC)C1CCC(C)C1. The van der Waals surface area contributed by atoms with Crippen LogP contribution in [0.3, 0.4) is 0 Å². The Hall–Kier alpha value is -0.540. The number of hydrogen-bond acceptors (Lipinski definition) is 2. The van der Waals surface area contributed by atoms with Crippen LogP contribution < -0.4 is 10.1 Å². The van der Waals surface area contributed by atoms with Crippen molar-refractivity contribution in [3.05, 3.63) is 28.2 Å². The maximum Gasteiger partial charge on any atom is 0.122 e. The summed E-state index contributed by atoms with van der Waals surface area (Å²) in [6.07, 6.45) is 5.14. The molecule has 1 aromatic rings. The van der Waals surface area contributed by atoms with E-state index in [-0.39, 0.29) is 0 Å². The van der Waals surface area contributed by atoms with Crippen molar-refractivity contribution in [2.24, 2.45) is 11.8 Å². The van der Waals surface area contributed by atoms with E-state index in [9.17, 15) is 0 Å². The van der Waals surface area contributed by atoms with Crippen LogP contribution in [0.15, 0.2) is 22.7 Å². The number of methoxy groups -OCH3 is 1. The molecule has 20 heavy (non-hydrogen) atoms. The number of halogens is 1. The largest absolute Gasteiger partial charge is 0.496 e. The predicted molar refractivity (Wildman–Crippen MR) is 88.4 cm³/mol. The minimum Gasteiger partial charge on any atom is -0.496 e. The molecule has 2 nitrogen and oxygen atoms in total. The lowest BCUT2D eigenvalue weighted by Crippen LogP contribution is -2.37. The lowest BCUT2D eigenvalue weighted by molar-refractivity contribution is 0.346. The van der Waals surface area contributed by atoms with Crippen molar-refractivity contribution >= 4 is 15.9 Å². The van der Waals surface area contributed by atoms with E-state index >= 15 is 0 Å². The fourth-order valence-corrected chi connectivity index (χ4v) is 3.84. The van der Waals surface area contributed by atoms with Crippen molar-refractivity contribution < 1.29 is 4.74 Å². The van der Waals surface area contributed by atoms with Crippen molar-refractivity contribution in [1.29, 1.82) is 0 Å². The molecule has 1 N–H and O–H groups in total. The van der Waals surface area contributed by atoms with Gasteiger partial charge in [0.05, 0.1) is 7.11 Å². The smallest absolute Gasteiger partial charge is 0.122 e. The van der Waals surface area contributed by atoms with Gasteiger partial charge >= 0.3 is 0 Å². The highest BCUT2D eigenvalue weighted by atomic mass is 79.9. The Labute approximate surface area is 131 Å². The average molecular weight is 340 g/mol. The minimum atomic E-state index is 0.563. The second-order valence-corrected chi connectivity index (χ2v) is 6.92. The highest BCUT2D eigenvalue weighted by molar-refractivity contribution is 9.10. The summed E-state index contributed by atoms with van der Waals surface area (Å²) in [4.78, 5) is 0. The van der Waals surface area contributed by atoms with Gasteiger partial charge in [0.2, 0.25) is 0 Å². The topological polar surface area (TPSA) is 21.3 Å². The number of ether oxygens (including phenoxy) is 1. The van der Waals surface area contributed by atoms with Gasteiger partial charge in [0, 0.05) is 10.5 Å². The van der Waals surface area contributed by atoms with E-state index in [2.05, 4.69) is 47.2 Å². The molecule has 3 heteroatoms. The van der Waals surface area contributed by atoms with Crippen molar-refractivity contribution in [3.63, 3.8) is 0 Å². The molecule has 0 aliphatic heterocycles. The van der Waals surface area contributed by atoms with Crippen LogP contribution in [0.1, 0.15) is 38.7 Å². The zero-order valence-electron chi connectivity index (χ0n) is 12.8. The van der Waals surface area contributed by atoms with E-state index < -0.39 is 0 Å². The number of benzene rings is 1. The molecular formula is C17H26BrNO. The summed E-state index contributed by atoms with van der Waals surface area (Å²) in [5.74, 6) is 2.68. The monoisotopic (exact) mass is 339 g/mol. The third kappa shape index (κ3) is 3.98. The maximum absolute atomic E-state index is 5.51. The first-order chi connectivity index (χ1) is 9.63. The number of nitrogens with one attached hydrogen (secondary N) is 1. The van der Waals surface area contributed by atoms with Gasteiger partial charge in [-0.1, -0.05) is 36.2 Å². The van der Waals surface area contributed by atoms with Gasteiger partial charge in [-0.05, 0) is 61.4 Å². The maximum atomic E-state index is 5.51. The lowest BCUT2D eigenvalue weighted by Gasteiger charge is -2.25. The first kappa shape index (κ1) is 15.8. The van der Waals surface area contributed by atoms with E-state index in [1.165, 1.54) is 24.8 Å². The van der Waals surface area contributed by atoms with E-state index in [1.807, 2.05) is 6.07 Å². The van der Waals surface area contributed by atoms with Crippen LogP contribution in [-0.4, -0.2) is 19.7 Å². The van der Waals surface area contributed by atoms with Crippen LogP contribution in [-0.2, 0) is 6.42 Å². The number of rotatable bonds is 6. The molecule has 0 bridgehead atoms. The van der Waals surface area contributed by atoms with Gasteiger partial charge in [-0.15, -0.1) is 0 Å². The summed E-state index contributed by atoms with van der Waals surface area (Å²) in [5, 5.41) is 3.69. The van der Waals surface area contributed by atoms with Gasteiger partial charge in [-0.25, -0.2) is 0 Å². The Bertz CT molecular complexity index is 435. The molecule has 3 unspecified atom stereocenters. The first-order valence-corrected chi connectivity index (χ1v) is 8.49. The molecule has 0 aromatic heterocycles. The Kier molecular flexibility index (Phi) is 5.91. The highest BCUT2D eigenvalue weighted by Gasteiger charge is 2.28. The Balaban J connectivity index is 2.13. The lowest BCUT2D eigenvalue weighted by atomic mass is 9.91. The zero-order valence-corrected chi connectivity index (χ0v) is 14.4. The second-order valence-electron chi connectivity index (χ2n) is 6.00. The summed E-state index contributed by atoms with van der Waals surface area (Å²) in [6, 6.07) is 6.86. The molecule has 1 fully saturated rings. The Morgan fingerprint density at radius 1 is 1.40 bits per heavy atom. The standard InChI is InChI=1S/C17H26BrNO/c1-4-19-16(13-6-5-12(2)9-13)11-14-10-15(18)7-8-17(14)20-3/h7-8,10,12-13,16,19H,4-6,9,11H2,1-3H3. The third-order valence-corrected chi connectivity index (χ3v) is 4.95. The van der Waals surface area contributed by atoms with Gasteiger partial charge in [-0.2, -0.15) is 0 Å². The minimum absolute atomic E-state index is 0.563. The summed E-state index contributed by atoms with van der Waals surface area (Å²) in [6.45, 7) is 5.61. The van der Waals surface area contributed by atoms with Crippen LogP contribution in [0.2, 0.25) is 0 Å². The Morgan fingerprint density at radius 3 is 2.80 bits per heavy atom. The van der Waals surface area contributed by atoms with E-state index in [1.54, 1.807) is 7.11 Å². The van der Waals surface area contributed by atoms with Crippen LogP contribution in [0, 0.1) is 11.8 Å². The molecule has 2 rings (SSSR count). The van der Waals surface area contributed by atoms with Gasteiger partial charge in [0.25, 0.3) is 0 Å². The molecule has 1 aromatic carbocycles. The molecule has 3 atom stereocenters. The van der Waals surface area contributed by atoms with E-state index in [0.29, 0.717) is 6.04 Å². The quantitative estimate of drug-likeness (QED) is 0.828. The van der Waals surface area contributed by atoms with Gasteiger partial charge < -0.3 is 10.1 Å². The summed E-state index contributed by atoms with van der Waals surface area (Å²) < 4.78 is 6.64. The normalized spacial score (nSPS) is 23.8. The van der Waals surface area contributed by atoms with Crippen molar-refractivity contribution in [2.45, 2.75) is 45.6 Å². The van der Waals surface area contributed by atoms with Gasteiger partial charge in [0.15, 0.2) is 0 Å². The van der Waals surface area contributed by atoms with Crippen molar-refractivity contribution in [1.82, 2.24) is 5.32 Å². The second kappa shape index (κ2) is 7.46. The third-order valence-electron chi connectivity index (χ3n) is 4.45. The summed E-state index contributed by atoms with van der Waals surface area (Å²) >= 11 is 3.57. The first-order valence-electron chi connectivity index (χ1n) is 7.69. The van der Waals surface area contributed by atoms with Gasteiger partial charge in [-0.3, -0.25) is 0 Å². The molecule has 0 amide bonds. The molecule has 1 aliphatic rings. The summed E-state index contributed by atoms with van der Waals surface area (Å²) in [7, 11) is 1.76. The van der Waals surface area contributed by atoms with Crippen LogP contribution in [0.25, 0.3) is 0 Å².